The van der Waals surface area contributed by atoms with Gasteiger partial charge in [-0.15, -0.1) is 12.4 Å². The highest BCUT2D eigenvalue weighted by Crippen LogP contribution is 2.19. The highest BCUT2D eigenvalue weighted by molar-refractivity contribution is 7.89. The predicted molar refractivity (Wildman–Crippen MR) is 96.6 cm³/mol. The molecule has 2 aliphatic rings. The molecule has 0 aromatic heterocycles. The molecule has 1 unspecified atom stereocenters. The van der Waals surface area contributed by atoms with Crippen molar-refractivity contribution in [1.29, 1.82) is 0 Å². The first kappa shape index (κ1) is 20.1. The van der Waals surface area contributed by atoms with E-state index < -0.39 is 10.0 Å². The van der Waals surface area contributed by atoms with Crippen LogP contribution in [0.5, 0.6) is 0 Å². The molecule has 1 atom stereocenters. The summed E-state index contributed by atoms with van der Waals surface area (Å²) in [6, 6.07) is 6.57. The van der Waals surface area contributed by atoms with E-state index >= 15 is 0 Å². The number of hydrogen-bond donors (Lipinski definition) is 1. The number of rotatable bonds is 3. The molecule has 1 aromatic carbocycles. The molecule has 0 bridgehead atoms. The summed E-state index contributed by atoms with van der Waals surface area (Å²) in [5, 5.41) is 3.29. The van der Waals surface area contributed by atoms with Crippen LogP contribution in [0.1, 0.15) is 17.3 Å². The van der Waals surface area contributed by atoms with Gasteiger partial charge in [-0.2, -0.15) is 4.31 Å². The topological polar surface area (TPSA) is 79.0 Å². The van der Waals surface area contributed by atoms with Gasteiger partial charge < -0.3 is 15.0 Å². The number of ether oxygens (including phenoxy) is 1. The summed E-state index contributed by atoms with van der Waals surface area (Å²) in [6.45, 7) is 5.51. The summed E-state index contributed by atoms with van der Waals surface area (Å²) in [5.74, 6) is -0.123. The molecule has 0 aliphatic carbocycles. The number of sulfonamides is 1. The van der Waals surface area contributed by atoms with E-state index in [1.165, 1.54) is 10.4 Å². The summed E-state index contributed by atoms with van der Waals surface area (Å²) >= 11 is 0. The van der Waals surface area contributed by atoms with Crippen LogP contribution in [-0.4, -0.2) is 75.5 Å². The van der Waals surface area contributed by atoms with Crippen molar-refractivity contribution in [2.24, 2.45) is 0 Å². The van der Waals surface area contributed by atoms with Gasteiger partial charge in [0, 0.05) is 44.3 Å². The largest absolute Gasteiger partial charge is 0.379 e. The minimum atomic E-state index is -3.59. The van der Waals surface area contributed by atoms with Crippen LogP contribution in [0, 0.1) is 0 Å². The zero-order valence-electron chi connectivity index (χ0n) is 14.2. The van der Waals surface area contributed by atoms with Gasteiger partial charge in [-0.3, -0.25) is 4.79 Å². The number of benzene rings is 1. The molecular weight excluding hydrogens is 366 g/mol. The number of carbonyl (C=O) groups is 1. The Bertz CT molecular complexity index is 707. The maximum absolute atomic E-state index is 12.7. The first-order valence-electron chi connectivity index (χ1n) is 8.19. The number of nitrogens with zero attached hydrogens (tertiary/aromatic N) is 2. The SMILES string of the molecule is CC1CN(C(=O)c2cccc(S(=O)(=O)N3CCOCC3)c2)CCN1.Cl. The van der Waals surface area contributed by atoms with Gasteiger partial charge in [0.2, 0.25) is 10.0 Å². The molecule has 140 valence electrons. The van der Waals surface area contributed by atoms with Gasteiger partial charge in [0.1, 0.15) is 0 Å². The molecule has 2 aliphatic heterocycles. The molecule has 9 heteroatoms. The normalized spacial score (nSPS) is 22.3. The molecule has 7 nitrogen and oxygen atoms in total. The third-order valence-corrected chi connectivity index (χ3v) is 6.24. The number of hydrogen-bond acceptors (Lipinski definition) is 5. The second kappa shape index (κ2) is 8.46. The number of halogens is 1. The van der Waals surface area contributed by atoms with Crippen molar-refractivity contribution in [3.05, 3.63) is 29.8 Å². The predicted octanol–water partition coefficient (Wildman–Crippen LogP) is 0.563. The molecule has 0 spiro atoms. The van der Waals surface area contributed by atoms with E-state index in [-0.39, 0.29) is 29.3 Å². The lowest BCUT2D eigenvalue weighted by Crippen LogP contribution is -2.51. The lowest BCUT2D eigenvalue weighted by molar-refractivity contribution is 0.0708. The number of amides is 1. The second-order valence-corrected chi connectivity index (χ2v) is 8.09. The van der Waals surface area contributed by atoms with E-state index in [4.69, 9.17) is 4.74 Å². The van der Waals surface area contributed by atoms with Gasteiger partial charge in [-0.05, 0) is 25.1 Å². The zero-order valence-corrected chi connectivity index (χ0v) is 15.8. The number of piperazine rings is 1. The Hall–Kier alpha value is -1.19. The monoisotopic (exact) mass is 389 g/mol. The third-order valence-electron chi connectivity index (χ3n) is 4.34. The Kier molecular flexibility index (Phi) is 6.81. The summed E-state index contributed by atoms with van der Waals surface area (Å²) < 4.78 is 32.1. The van der Waals surface area contributed by atoms with Crippen molar-refractivity contribution in [2.75, 3.05) is 45.9 Å². The standard InChI is InChI=1S/C16H23N3O4S.ClH/c1-13-12-18(6-5-17-13)16(20)14-3-2-4-15(11-14)24(21,22)19-7-9-23-10-8-19;/h2-4,11,13,17H,5-10,12H2,1H3;1H. The Morgan fingerprint density at radius 1 is 1.24 bits per heavy atom. The Balaban J connectivity index is 0.00000225. The molecule has 0 radical (unpaired) electrons. The maximum Gasteiger partial charge on any atom is 0.253 e. The molecule has 2 fully saturated rings. The summed E-state index contributed by atoms with van der Waals surface area (Å²) in [6.07, 6.45) is 0. The minimum Gasteiger partial charge on any atom is -0.379 e. The van der Waals surface area contributed by atoms with Gasteiger partial charge in [0.05, 0.1) is 18.1 Å². The highest BCUT2D eigenvalue weighted by Gasteiger charge is 2.28. The fraction of sp³-hybridized carbons (Fsp3) is 0.562. The van der Waals surface area contributed by atoms with Crippen LogP contribution in [0.2, 0.25) is 0 Å². The quantitative estimate of drug-likeness (QED) is 0.817. The third kappa shape index (κ3) is 4.51. The van der Waals surface area contributed by atoms with E-state index in [2.05, 4.69) is 5.32 Å². The summed E-state index contributed by atoms with van der Waals surface area (Å²) in [5.41, 5.74) is 0.415. The highest BCUT2D eigenvalue weighted by atomic mass is 35.5. The average molecular weight is 390 g/mol. The van der Waals surface area contributed by atoms with E-state index in [0.29, 0.717) is 45.0 Å². The maximum atomic E-state index is 12.7. The molecule has 1 amide bonds. The van der Waals surface area contributed by atoms with Crippen LogP contribution < -0.4 is 5.32 Å². The van der Waals surface area contributed by atoms with Gasteiger partial charge in [0.15, 0.2) is 0 Å². The van der Waals surface area contributed by atoms with Crippen LogP contribution in [0.3, 0.4) is 0 Å². The van der Waals surface area contributed by atoms with E-state index in [0.717, 1.165) is 6.54 Å². The Labute approximate surface area is 154 Å². The zero-order chi connectivity index (χ0) is 17.2. The molecular formula is C16H24ClN3O4S. The number of carbonyl (C=O) groups excluding carboxylic acids is 1. The molecule has 1 aromatic rings. The average Bonchev–Trinajstić information content (AvgIpc) is 2.62. The number of nitrogens with one attached hydrogen (secondary N) is 1. The minimum absolute atomic E-state index is 0. The van der Waals surface area contributed by atoms with Gasteiger partial charge >= 0.3 is 0 Å². The van der Waals surface area contributed by atoms with Crippen molar-refractivity contribution in [1.82, 2.24) is 14.5 Å². The lowest BCUT2D eigenvalue weighted by atomic mass is 10.1. The van der Waals surface area contributed by atoms with Crippen LogP contribution in [0.4, 0.5) is 0 Å². The van der Waals surface area contributed by atoms with Crippen molar-refractivity contribution in [3.63, 3.8) is 0 Å². The van der Waals surface area contributed by atoms with Crippen LogP contribution in [-0.2, 0) is 14.8 Å². The summed E-state index contributed by atoms with van der Waals surface area (Å²) in [4.78, 5) is 14.6. The van der Waals surface area contributed by atoms with E-state index in [1.54, 1.807) is 23.1 Å². The van der Waals surface area contributed by atoms with Crippen LogP contribution in [0.15, 0.2) is 29.2 Å². The fourth-order valence-electron chi connectivity index (χ4n) is 3.02. The van der Waals surface area contributed by atoms with Crippen LogP contribution in [0.25, 0.3) is 0 Å². The first-order chi connectivity index (χ1) is 11.5. The molecule has 0 saturated carbocycles. The fourth-order valence-corrected chi connectivity index (χ4v) is 4.48. The lowest BCUT2D eigenvalue weighted by Gasteiger charge is -2.32. The van der Waals surface area contributed by atoms with Crippen molar-refractivity contribution in [2.45, 2.75) is 17.9 Å². The Morgan fingerprint density at radius 2 is 1.96 bits per heavy atom. The van der Waals surface area contributed by atoms with Gasteiger partial charge in [-0.1, -0.05) is 6.07 Å². The van der Waals surface area contributed by atoms with Crippen molar-refractivity contribution in [3.8, 4) is 0 Å². The Morgan fingerprint density at radius 3 is 2.64 bits per heavy atom. The van der Waals surface area contributed by atoms with Crippen molar-refractivity contribution < 1.29 is 17.9 Å². The smallest absolute Gasteiger partial charge is 0.253 e. The molecule has 25 heavy (non-hydrogen) atoms. The molecule has 3 rings (SSSR count). The second-order valence-electron chi connectivity index (χ2n) is 6.15. The molecule has 1 N–H and O–H groups in total. The van der Waals surface area contributed by atoms with Gasteiger partial charge in [-0.25, -0.2) is 8.42 Å². The number of morpholine rings is 1. The van der Waals surface area contributed by atoms with Crippen LogP contribution >= 0.6 is 12.4 Å². The molecule has 2 saturated heterocycles. The van der Waals surface area contributed by atoms with E-state index in [1.807, 2.05) is 6.92 Å². The first-order valence-corrected chi connectivity index (χ1v) is 9.63. The van der Waals surface area contributed by atoms with Crippen molar-refractivity contribution >= 4 is 28.3 Å². The summed E-state index contributed by atoms with van der Waals surface area (Å²) in [7, 11) is -3.59. The van der Waals surface area contributed by atoms with E-state index in [9.17, 15) is 13.2 Å². The molecule has 2 heterocycles. The van der Waals surface area contributed by atoms with Gasteiger partial charge in [0.25, 0.3) is 5.91 Å².